The van der Waals surface area contributed by atoms with Gasteiger partial charge in [-0.25, -0.2) is 0 Å². The second-order valence-electron chi connectivity index (χ2n) is 7.96. The summed E-state index contributed by atoms with van der Waals surface area (Å²) in [5, 5.41) is 17.1. The lowest BCUT2D eigenvalue weighted by atomic mass is 9.74. The van der Waals surface area contributed by atoms with Gasteiger partial charge in [-0.2, -0.15) is 0 Å². The fraction of sp³-hybridized carbons (Fsp3) is 0.667. The summed E-state index contributed by atoms with van der Waals surface area (Å²) in [5.74, 6) is 0.775. The summed E-state index contributed by atoms with van der Waals surface area (Å²) in [7, 11) is 1.79. The molecule has 1 aromatic rings. The van der Waals surface area contributed by atoms with E-state index in [4.69, 9.17) is 21.1 Å². The van der Waals surface area contributed by atoms with Crippen LogP contribution in [0.1, 0.15) is 31.2 Å². The van der Waals surface area contributed by atoms with Crippen molar-refractivity contribution in [2.75, 3.05) is 53.2 Å². The lowest BCUT2D eigenvalue weighted by molar-refractivity contribution is 0.0513. The van der Waals surface area contributed by atoms with Crippen LogP contribution in [0.25, 0.3) is 0 Å². The summed E-state index contributed by atoms with van der Waals surface area (Å²) in [4.78, 5) is 4.40. The molecule has 3 N–H and O–H groups in total. The van der Waals surface area contributed by atoms with E-state index in [0.717, 1.165) is 69.6 Å². The number of aliphatic hydroxyl groups excluding tert-OH is 1. The number of nitrogens with one attached hydrogen (secondary N) is 2. The number of nitrogens with zero attached hydrogens (tertiary/aromatic N) is 1. The minimum Gasteiger partial charge on any atom is -0.396 e. The predicted octanol–water partition coefficient (Wildman–Crippen LogP) is 2.34. The maximum absolute atomic E-state index is 9.42. The molecule has 0 saturated carbocycles. The third-order valence-corrected chi connectivity index (χ3v) is 6.40. The van der Waals surface area contributed by atoms with Crippen molar-refractivity contribution < 1.29 is 14.6 Å². The molecule has 0 aliphatic carbocycles. The average molecular weight is 410 g/mol. The molecule has 0 bridgehead atoms. The Labute approximate surface area is 172 Å². The monoisotopic (exact) mass is 409 g/mol. The maximum atomic E-state index is 9.42. The second-order valence-corrected chi connectivity index (χ2v) is 8.39. The van der Waals surface area contributed by atoms with Crippen LogP contribution in [0.5, 0.6) is 0 Å². The molecule has 2 saturated heterocycles. The van der Waals surface area contributed by atoms with Gasteiger partial charge in [0.05, 0.1) is 6.61 Å². The molecule has 6 nitrogen and oxygen atoms in total. The van der Waals surface area contributed by atoms with Crippen LogP contribution in [0, 0.1) is 5.41 Å². The Balaban J connectivity index is 1.64. The first-order valence-electron chi connectivity index (χ1n) is 10.1. The number of halogens is 1. The topological polar surface area (TPSA) is 75.1 Å². The van der Waals surface area contributed by atoms with Gasteiger partial charge in [-0.05, 0) is 43.4 Å². The highest BCUT2D eigenvalue weighted by Gasteiger charge is 2.36. The molecular formula is C21H32ClN3O3. The van der Waals surface area contributed by atoms with Crippen molar-refractivity contribution in [1.29, 1.82) is 0 Å². The summed E-state index contributed by atoms with van der Waals surface area (Å²) in [6.07, 6.45) is 3.58. The van der Waals surface area contributed by atoms with Crippen LogP contribution >= 0.6 is 11.6 Å². The van der Waals surface area contributed by atoms with Gasteiger partial charge in [-0.1, -0.05) is 23.7 Å². The Morgan fingerprint density at radius 1 is 1.14 bits per heavy atom. The Kier molecular flexibility index (Phi) is 7.57. The summed E-state index contributed by atoms with van der Waals surface area (Å²) in [5.41, 5.74) is 1.20. The zero-order valence-corrected chi connectivity index (χ0v) is 17.4. The van der Waals surface area contributed by atoms with Crippen LogP contribution in [0.3, 0.4) is 0 Å². The summed E-state index contributed by atoms with van der Waals surface area (Å²) in [6, 6.07) is 8.15. The minimum atomic E-state index is -0.0278. The Morgan fingerprint density at radius 2 is 1.89 bits per heavy atom. The smallest absolute Gasteiger partial charge is 0.191 e. The third-order valence-electron chi connectivity index (χ3n) is 6.16. The Morgan fingerprint density at radius 3 is 2.54 bits per heavy atom. The van der Waals surface area contributed by atoms with Gasteiger partial charge in [0.1, 0.15) is 0 Å². The van der Waals surface area contributed by atoms with Crippen LogP contribution in [-0.2, 0) is 14.9 Å². The zero-order chi connectivity index (χ0) is 19.9. The molecular weight excluding hydrogens is 378 g/mol. The first-order chi connectivity index (χ1) is 13.6. The molecule has 0 radical (unpaired) electrons. The first kappa shape index (κ1) is 21.4. The molecule has 2 heterocycles. The highest BCUT2D eigenvalue weighted by Crippen LogP contribution is 2.35. The predicted molar refractivity (Wildman–Crippen MR) is 112 cm³/mol. The highest BCUT2D eigenvalue weighted by molar-refractivity contribution is 6.30. The molecule has 1 atom stereocenters. The minimum absolute atomic E-state index is 0.0182. The van der Waals surface area contributed by atoms with E-state index in [1.54, 1.807) is 7.05 Å². The number of benzene rings is 1. The van der Waals surface area contributed by atoms with E-state index in [-0.39, 0.29) is 17.4 Å². The molecule has 2 aliphatic rings. The van der Waals surface area contributed by atoms with Crippen LogP contribution in [-0.4, -0.2) is 64.2 Å². The summed E-state index contributed by atoms with van der Waals surface area (Å²) in [6.45, 7) is 4.61. The second kappa shape index (κ2) is 9.92. The lowest BCUT2D eigenvalue weighted by Crippen LogP contribution is -2.50. The molecule has 156 valence electrons. The van der Waals surface area contributed by atoms with Crippen molar-refractivity contribution >= 4 is 17.6 Å². The fourth-order valence-electron chi connectivity index (χ4n) is 4.20. The van der Waals surface area contributed by atoms with Gasteiger partial charge in [0, 0.05) is 62.4 Å². The lowest BCUT2D eigenvalue weighted by Gasteiger charge is -2.38. The number of aliphatic imine (C=N–C) groups is 1. The third kappa shape index (κ3) is 5.17. The molecule has 0 aromatic heterocycles. The van der Waals surface area contributed by atoms with Crippen molar-refractivity contribution in [3.05, 3.63) is 34.9 Å². The van der Waals surface area contributed by atoms with Crippen molar-refractivity contribution in [1.82, 2.24) is 10.6 Å². The van der Waals surface area contributed by atoms with E-state index in [1.165, 1.54) is 5.56 Å². The fourth-order valence-corrected chi connectivity index (χ4v) is 4.39. The normalized spacial score (nSPS) is 24.9. The molecule has 3 rings (SSSR count). The number of guanidine groups is 1. The van der Waals surface area contributed by atoms with Crippen molar-refractivity contribution in [3.8, 4) is 0 Å². The number of ether oxygens (including phenoxy) is 2. The van der Waals surface area contributed by atoms with E-state index < -0.39 is 0 Å². The van der Waals surface area contributed by atoms with E-state index >= 15 is 0 Å². The zero-order valence-electron chi connectivity index (χ0n) is 16.7. The van der Waals surface area contributed by atoms with E-state index in [9.17, 15) is 5.11 Å². The quantitative estimate of drug-likeness (QED) is 0.476. The van der Waals surface area contributed by atoms with Crippen LogP contribution in [0.4, 0.5) is 0 Å². The van der Waals surface area contributed by atoms with Gasteiger partial charge in [-0.3, -0.25) is 4.99 Å². The standard InChI is InChI=1S/C21H32ClN3O3/c1-23-19(24-14-20(5-9-26)6-10-28-16-20)25-15-21(7-11-27-12-8-21)17-3-2-4-18(22)13-17/h2-4,13,26H,5-12,14-16H2,1H3,(H2,23,24,25). The van der Waals surface area contributed by atoms with E-state index in [0.29, 0.717) is 6.61 Å². The maximum Gasteiger partial charge on any atom is 0.191 e. The van der Waals surface area contributed by atoms with Crippen molar-refractivity contribution in [2.45, 2.75) is 31.1 Å². The van der Waals surface area contributed by atoms with Gasteiger partial charge in [-0.15, -0.1) is 0 Å². The van der Waals surface area contributed by atoms with Gasteiger partial charge >= 0.3 is 0 Å². The molecule has 1 aromatic carbocycles. The van der Waals surface area contributed by atoms with E-state index in [2.05, 4.69) is 27.8 Å². The van der Waals surface area contributed by atoms with Gasteiger partial charge in [0.25, 0.3) is 0 Å². The Hall–Kier alpha value is -1.34. The first-order valence-corrected chi connectivity index (χ1v) is 10.5. The molecule has 0 spiro atoms. The van der Waals surface area contributed by atoms with E-state index in [1.807, 2.05) is 12.1 Å². The average Bonchev–Trinajstić information content (AvgIpc) is 3.18. The SMILES string of the molecule is CN=C(NCC1(CCO)CCOC1)NCC1(c2cccc(Cl)c2)CCOCC1. The highest BCUT2D eigenvalue weighted by atomic mass is 35.5. The van der Waals surface area contributed by atoms with Crippen molar-refractivity contribution in [2.24, 2.45) is 10.4 Å². The number of hydrogen-bond acceptors (Lipinski definition) is 4. The molecule has 2 fully saturated rings. The Bertz CT molecular complexity index is 656. The molecule has 2 aliphatic heterocycles. The van der Waals surface area contributed by atoms with Crippen molar-refractivity contribution in [3.63, 3.8) is 0 Å². The number of rotatable bonds is 7. The van der Waals surface area contributed by atoms with Crippen LogP contribution in [0.2, 0.25) is 5.02 Å². The molecule has 28 heavy (non-hydrogen) atoms. The van der Waals surface area contributed by atoms with Gasteiger partial charge in [0.15, 0.2) is 5.96 Å². The number of hydrogen-bond donors (Lipinski definition) is 3. The molecule has 0 amide bonds. The molecule has 1 unspecified atom stereocenters. The summed E-state index contributed by atoms with van der Waals surface area (Å²) < 4.78 is 11.2. The van der Waals surface area contributed by atoms with Gasteiger partial charge in [0.2, 0.25) is 0 Å². The number of aliphatic hydroxyl groups is 1. The molecule has 7 heteroatoms. The largest absolute Gasteiger partial charge is 0.396 e. The van der Waals surface area contributed by atoms with Crippen LogP contribution in [0.15, 0.2) is 29.3 Å². The summed E-state index contributed by atoms with van der Waals surface area (Å²) >= 11 is 6.26. The van der Waals surface area contributed by atoms with Gasteiger partial charge < -0.3 is 25.2 Å². The van der Waals surface area contributed by atoms with Crippen LogP contribution < -0.4 is 10.6 Å².